The van der Waals surface area contributed by atoms with Gasteiger partial charge < -0.3 is 42.7 Å². The van der Waals surface area contributed by atoms with Gasteiger partial charge in [-0.1, -0.05) is 30.3 Å². The molecule has 0 saturated heterocycles. The number of carbonyl (C=O) groups excluding carboxylic acids is 4. The van der Waals surface area contributed by atoms with Crippen LogP contribution in [-0.4, -0.2) is 81.0 Å². The van der Waals surface area contributed by atoms with Gasteiger partial charge in [0.2, 0.25) is 23.6 Å². The molecule has 15 heteroatoms. The van der Waals surface area contributed by atoms with E-state index >= 15 is 0 Å². The summed E-state index contributed by atoms with van der Waals surface area (Å²) in [6.45, 7) is 0. The topological polar surface area (TPSA) is 268 Å². The summed E-state index contributed by atoms with van der Waals surface area (Å²) in [6, 6.07) is 2.04. The number of hydrogen-bond acceptors (Lipinski definition) is 8. The predicted molar refractivity (Wildman–Crippen MR) is 124 cm³/mol. The van der Waals surface area contributed by atoms with Gasteiger partial charge in [-0.3, -0.25) is 28.8 Å². The van der Waals surface area contributed by atoms with Gasteiger partial charge in [0.15, 0.2) is 0 Å². The molecule has 202 valence electrons. The second-order valence-corrected chi connectivity index (χ2v) is 8.02. The zero-order valence-electron chi connectivity index (χ0n) is 19.6. The third-order valence-corrected chi connectivity index (χ3v) is 4.95. The van der Waals surface area contributed by atoms with Gasteiger partial charge in [-0.15, -0.1) is 0 Å². The molecule has 0 aliphatic heterocycles. The van der Waals surface area contributed by atoms with Crippen LogP contribution in [0.5, 0.6) is 0 Å². The molecule has 0 saturated carbocycles. The number of hydrogen-bond donors (Lipinski definition) is 8. The van der Waals surface area contributed by atoms with Gasteiger partial charge in [0.25, 0.3) is 0 Å². The standard InChI is InChI=1S/C22H29N5O10/c23-12(6-7-17(29)30)19(33)25-14(9-16(24)28)21(35)26-13(8-11-4-2-1-3-5-11)20(34)27-15(22(36)37)10-18(31)32/h1-5,12-15H,6-10,23H2,(H2,24,28)(H,25,33)(H,26,35)(H,27,34)(H,29,30)(H,31,32)(H,36,37). The summed E-state index contributed by atoms with van der Waals surface area (Å²) in [5.74, 6) is -8.32. The van der Waals surface area contributed by atoms with E-state index in [-0.39, 0.29) is 12.8 Å². The highest BCUT2D eigenvalue weighted by molar-refractivity contribution is 5.96. The number of amides is 4. The molecule has 0 heterocycles. The molecular weight excluding hydrogens is 494 g/mol. The Hall–Kier alpha value is -4.53. The largest absolute Gasteiger partial charge is 0.481 e. The molecule has 0 radical (unpaired) electrons. The minimum atomic E-state index is -1.80. The number of nitrogens with one attached hydrogen (secondary N) is 3. The molecule has 4 unspecified atom stereocenters. The van der Waals surface area contributed by atoms with Gasteiger partial charge in [-0.2, -0.15) is 0 Å². The third kappa shape index (κ3) is 11.6. The van der Waals surface area contributed by atoms with E-state index in [1.165, 1.54) is 0 Å². The van der Waals surface area contributed by atoms with Crippen molar-refractivity contribution in [3.05, 3.63) is 35.9 Å². The van der Waals surface area contributed by atoms with Crippen LogP contribution in [0, 0.1) is 0 Å². The fraction of sp³-hybridized carbons (Fsp3) is 0.409. The van der Waals surface area contributed by atoms with Crippen molar-refractivity contribution in [1.29, 1.82) is 0 Å². The molecule has 0 aliphatic rings. The number of rotatable bonds is 16. The lowest BCUT2D eigenvalue weighted by Crippen LogP contribution is -2.58. The first-order valence-corrected chi connectivity index (χ1v) is 11.0. The van der Waals surface area contributed by atoms with Gasteiger partial charge in [0.05, 0.1) is 18.9 Å². The van der Waals surface area contributed by atoms with Crippen molar-refractivity contribution in [3.63, 3.8) is 0 Å². The van der Waals surface area contributed by atoms with E-state index in [0.29, 0.717) is 5.56 Å². The molecule has 15 nitrogen and oxygen atoms in total. The number of benzene rings is 1. The quantitative estimate of drug-likeness (QED) is 0.110. The molecule has 10 N–H and O–H groups in total. The highest BCUT2D eigenvalue weighted by atomic mass is 16.4. The Morgan fingerprint density at radius 1 is 0.730 bits per heavy atom. The zero-order valence-corrected chi connectivity index (χ0v) is 19.6. The lowest BCUT2D eigenvalue weighted by molar-refractivity contribution is -0.147. The normalized spacial score (nSPS) is 13.8. The van der Waals surface area contributed by atoms with E-state index in [4.69, 9.17) is 21.7 Å². The SMILES string of the molecule is NC(=O)CC(NC(=O)C(N)CCC(=O)O)C(=O)NC(Cc1ccccc1)C(=O)NC(CC(=O)O)C(=O)O. The van der Waals surface area contributed by atoms with Crippen molar-refractivity contribution in [3.8, 4) is 0 Å². The fourth-order valence-electron chi connectivity index (χ4n) is 3.08. The summed E-state index contributed by atoms with van der Waals surface area (Å²) in [7, 11) is 0. The average molecular weight is 523 g/mol. The summed E-state index contributed by atoms with van der Waals surface area (Å²) in [4.78, 5) is 82.7. The van der Waals surface area contributed by atoms with Crippen LogP contribution in [0.3, 0.4) is 0 Å². The number of carboxylic acid groups (broad SMARTS) is 3. The number of carboxylic acids is 3. The minimum absolute atomic E-state index is 0.160. The van der Waals surface area contributed by atoms with Crippen LogP contribution in [0.2, 0.25) is 0 Å². The highest BCUT2D eigenvalue weighted by Gasteiger charge is 2.32. The van der Waals surface area contributed by atoms with Crippen LogP contribution in [0.1, 0.15) is 31.2 Å². The fourth-order valence-corrected chi connectivity index (χ4v) is 3.08. The molecule has 1 rings (SSSR count). The van der Waals surface area contributed by atoms with Gasteiger partial charge in [0.1, 0.15) is 18.1 Å². The van der Waals surface area contributed by atoms with Crippen LogP contribution < -0.4 is 27.4 Å². The second kappa shape index (κ2) is 14.8. The molecule has 0 aromatic heterocycles. The van der Waals surface area contributed by atoms with Crippen molar-refractivity contribution >= 4 is 41.5 Å². The molecule has 0 fully saturated rings. The van der Waals surface area contributed by atoms with Crippen molar-refractivity contribution in [2.45, 2.75) is 56.3 Å². The maximum Gasteiger partial charge on any atom is 0.326 e. The van der Waals surface area contributed by atoms with Crippen LogP contribution in [0.25, 0.3) is 0 Å². The molecular formula is C22H29N5O10. The van der Waals surface area contributed by atoms with Crippen LogP contribution in [0.4, 0.5) is 0 Å². The Kier molecular flexibility index (Phi) is 12.2. The van der Waals surface area contributed by atoms with Gasteiger partial charge in [0, 0.05) is 12.8 Å². The first-order valence-electron chi connectivity index (χ1n) is 11.0. The van der Waals surface area contributed by atoms with Crippen LogP contribution in [0.15, 0.2) is 30.3 Å². The maximum absolute atomic E-state index is 12.9. The zero-order chi connectivity index (χ0) is 28.1. The first-order chi connectivity index (χ1) is 17.3. The summed E-state index contributed by atoms with van der Waals surface area (Å²) in [5, 5.41) is 33.4. The van der Waals surface area contributed by atoms with E-state index in [9.17, 15) is 38.7 Å². The van der Waals surface area contributed by atoms with Gasteiger partial charge >= 0.3 is 17.9 Å². The van der Waals surface area contributed by atoms with E-state index in [0.717, 1.165) is 0 Å². The molecule has 1 aromatic rings. The molecule has 4 amide bonds. The summed E-state index contributed by atoms with van der Waals surface area (Å²) in [6.07, 6.45) is -2.47. The lowest BCUT2D eigenvalue weighted by atomic mass is 10.0. The Bertz CT molecular complexity index is 1020. The van der Waals surface area contributed by atoms with E-state index in [1.54, 1.807) is 30.3 Å². The Morgan fingerprint density at radius 3 is 1.78 bits per heavy atom. The lowest BCUT2D eigenvalue weighted by Gasteiger charge is -2.24. The smallest absolute Gasteiger partial charge is 0.326 e. The van der Waals surface area contributed by atoms with Gasteiger partial charge in [-0.25, -0.2) is 4.79 Å². The van der Waals surface area contributed by atoms with Crippen molar-refractivity contribution < 1.29 is 48.9 Å². The number of nitrogens with two attached hydrogens (primary N) is 2. The number of primary amides is 1. The van der Waals surface area contributed by atoms with Gasteiger partial charge in [-0.05, 0) is 12.0 Å². The summed E-state index contributed by atoms with van der Waals surface area (Å²) < 4.78 is 0. The average Bonchev–Trinajstić information content (AvgIpc) is 2.80. The molecule has 37 heavy (non-hydrogen) atoms. The monoisotopic (exact) mass is 523 g/mol. The summed E-state index contributed by atoms with van der Waals surface area (Å²) in [5.41, 5.74) is 11.3. The molecule has 0 spiro atoms. The molecule has 4 atom stereocenters. The Balaban J connectivity index is 3.11. The minimum Gasteiger partial charge on any atom is -0.481 e. The molecule has 0 aliphatic carbocycles. The summed E-state index contributed by atoms with van der Waals surface area (Å²) >= 11 is 0. The van der Waals surface area contributed by atoms with E-state index < -0.39 is 85.0 Å². The van der Waals surface area contributed by atoms with E-state index in [2.05, 4.69) is 16.0 Å². The molecule has 0 bridgehead atoms. The maximum atomic E-state index is 12.9. The highest BCUT2D eigenvalue weighted by Crippen LogP contribution is 2.06. The van der Waals surface area contributed by atoms with Crippen molar-refractivity contribution in [1.82, 2.24) is 16.0 Å². The van der Waals surface area contributed by atoms with Crippen LogP contribution in [-0.2, 0) is 40.0 Å². The Morgan fingerprint density at radius 2 is 1.27 bits per heavy atom. The first kappa shape index (κ1) is 30.5. The van der Waals surface area contributed by atoms with Crippen molar-refractivity contribution in [2.75, 3.05) is 0 Å². The number of aliphatic carboxylic acids is 3. The predicted octanol–water partition coefficient (Wildman–Crippen LogP) is -2.69. The Labute approximate surface area is 210 Å². The van der Waals surface area contributed by atoms with Crippen molar-refractivity contribution in [2.24, 2.45) is 11.5 Å². The van der Waals surface area contributed by atoms with E-state index in [1.807, 2.05) is 0 Å². The second-order valence-electron chi connectivity index (χ2n) is 8.02. The third-order valence-electron chi connectivity index (χ3n) is 4.95. The number of carbonyl (C=O) groups is 7. The van der Waals surface area contributed by atoms with Crippen LogP contribution >= 0.6 is 0 Å². The molecule has 1 aromatic carbocycles.